The van der Waals surface area contributed by atoms with Gasteiger partial charge in [0.05, 0.1) is 38.0 Å². The SMILES string of the molecule is O=C(CCC1(CO)COC1)Cn1c(CCCC(F)(F)F)nc(C2=CCC(C(F)(F)F)CC2)cc1=O. The number of nitrogens with zero attached hydrogens (tertiary/aromatic N) is 2. The smallest absolute Gasteiger partial charge is 0.392 e. The first-order chi connectivity index (χ1) is 16.3. The second kappa shape index (κ2) is 10.8. The molecule has 0 spiro atoms. The number of aliphatic hydroxyl groups is 1. The van der Waals surface area contributed by atoms with Gasteiger partial charge in [0.25, 0.3) is 5.56 Å². The van der Waals surface area contributed by atoms with Gasteiger partial charge in [0.2, 0.25) is 0 Å². The molecule has 0 amide bonds. The molecule has 1 fully saturated rings. The summed E-state index contributed by atoms with van der Waals surface area (Å²) in [5, 5.41) is 9.49. The number of ketones is 1. The van der Waals surface area contributed by atoms with Gasteiger partial charge in [-0.25, -0.2) is 4.98 Å². The fourth-order valence-electron chi connectivity index (χ4n) is 4.25. The molecule has 0 radical (unpaired) electrons. The molecule has 2 aliphatic rings. The molecule has 1 aromatic heterocycles. The van der Waals surface area contributed by atoms with E-state index in [9.17, 15) is 41.0 Å². The Hall–Kier alpha value is -2.21. The van der Waals surface area contributed by atoms with E-state index in [4.69, 9.17) is 4.74 Å². The monoisotopic (exact) mass is 510 g/mol. The van der Waals surface area contributed by atoms with E-state index in [1.807, 2.05) is 0 Å². The topological polar surface area (TPSA) is 81.4 Å². The number of halogens is 6. The molecule has 12 heteroatoms. The zero-order valence-corrected chi connectivity index (χ0v) is 19.1. The molecule has 6 nitrogen and oxygen atoms in total. The van der Waals surface area contributed by atoms with Crippen molar-refractivity contribution in [2.45, 2.75) is 70.3 Å². The van der Waals surface area contributed by atoms with Crippen LogP contribution in [0.5, 0.6) is 0 Å². The summed E-state index contributed by atoms with van der Waals surface area (Å²) in [5.41, 5.74) is -0.576. The Morgan fingerprint density at radius 3 is 2.46 bits per heavy atom. The van der Waals surface area contributed by atoms with Crippen LogP contribution >= 0.6 is 0 Å². The van der Waals surface area contributed by atoms with Crippen molar-refractivity contribution in [1.29, 1.82) is 0 Å². The molecule has 1 aliphatic carbocycles. The summed E-state index contributed by atoms with van der Waals surface area (Å²) in [6.07, 6.45) is -9.04. The van der Waals surface area contributed by atoms with Crippen molar-refractivity contribution < 1.29 is 41.0 Å². The summed E-state index contributed by atoms with van der Waals surface area (Å²) in [4.78, 5) is 29.7. The standard InChI is InChI=1S/C23H28F6N2O4/c24-22(25,26)8-1-2-19-30-18(15-3-5-16(6-4-15)23(27,28)29)10-20(34)31(19)11-17(33)7-9-21(12-32)13-35-14-21/h3,10,16,32H,1-2,4-9,11-14H2. The lowest BCUT2D eigenvalue weighted by Gasteiger charge is -2.39. The first kappa shape index (κ1) is 27.4. The van der Waals surface area contributed by atoms with Crippen LogP contribution in [-0.2, 0) is 22.5 Å². The van der Waals surface area contributed by atoms with Gasteiger partial charge < -0.3 is 9.84 Å². The van der Waals surface area contributed by atoms with Crippen LogP contribution in [0, 0.1) is 11.3 Å². The van der Waals surface area contributed by atoms with E-state index in [0.29, 0.717) is 25.2 Å². The molecule has 1 unspecified atom stereocenters. The summed E-state index contributed by atoms with van der Waals surface area (Å²) in [6.45, 7) is 0.106. The third-order valence-electron chi connectivity index (χ3n) is 6.57. The summed E-state index contributed by atoms with van der Waals surface area (Å²) >= 11 is 0. The van der Waals surface area contributed by atoms with Gasteiger partial charge in [-0.3, -0.25) is 14.2 Å². The Morgan fingerprint density at radius 2 is 1.94 bits per heavy atom. The van der Waals surface area contributed by atoms with Crippen molar-refractivity contribution in [1.82, 2.24) is 9.55 Å². The summed E-state index contributed by atoms with van der Waals surface area (Å²) in [7, 11) is 0. The molecule has 0 aromatic carbocycles. The minimum atomic E-state index is -4.40. The molecule has 1 saturated heterocycles. The van der Waals surface area contributed by atoms with E-state index in [1.54, 1.807) is 0 Å². The molecule has 0 bridgehead atoms. The number of carbonyl (C=O) groups excluding carboxylic acids is 1. The Bertz CT molecular complexity index is 990. The van der Waals surface area contributed by atoms with E-state index in [2.05, 4.69) is 4.98 Å². The number of hydrogen-bond acceptors (Lipinski definition) is 5. The Morgan fingerprint density at radius 1 is 1.23 bits per heavy atom. The van der Waals surface area contributed by atoms with Gasteiger partial charge in [0.1, 0.15) is 5.82 Å². The molecule has 1 N–H and O–H groups in total. The summed E-state index contributed by atoms with van der Waals surface area (Å²) < 4.78 is 83.0. The van der Waals surface area contributed by atoms with E-state index in [0.717, 1.165) is 10.6 Å². The number of rotatable bonds is 10. The molecular formula is C23H28F6N2O4. The average Bonchev–Trinajstić information content (AvgIpc) is 2.74. The van der Waals surface area contributed by atoms with Gasteiger partial charge in [0, 0.05) is 30.7 Å². The van der Waals surface area contributed by atoms with Gasteiger partial charge in [0.15, 0.2) is 5.78 Å². The average molecular weight is 510 g/mol. The van der Waals surface area contributed by atoms with Crippen LogP contribution in [0.2, 0.25) is 0 Å². The van der Waals surface area contributed by atoms with Crippen LogP contribution in [0.1, 0.15) is 56.5 Å². The highest BCUT2D eigenvalue weighted by Gasteiger charge is 2.40. The number of allylic oxidation sites excluding steroid dienone is 2. The molecular weight excluding hydrogens is 482 g/mol. The zero-order chi connectivity index (χ0) is 25.9. The Balaban J connectivity index is 1.79. The predicted molar refractivity (Wildman–Crippen MR) is 113 cm³/mol. The third kappa shape index (κ3) is 7.39. The second-order valence-corrected chi connectivity index (χ2v) is 9.38. The first-order valence-electron chi connectivity index (χ1n) is 11.5. The van der Waals surface area contributed by atoms with Crippen LogP contribution in [0.4, 0.5) is 26.3 Å². The number of aromatic nitrogens is 2. The Kier molecular flexibility index (Phi) is 8.46. The lowest BCUT2D eigenvalue weighted by molar-refractivity contribution is -0.175. The van der Waals surface area contributed by atoms with Crippen molar-refractivity contribution in [2.24, 2.45) is 11.3 Å². The minimum absolute atomic E-state index is 0.00667. The number of ether oxygens (including phenoxy) is 1. The maximum absolute atomic E-state index is 13.0. The molecule has 1 atom stereocenters. The second-order valence-electron chi connectivity index (χ2n) is 9.38. The maximum atomic E-state index is 13.0. The molecule has 3 rings (SSSR count). The van der Waals surface area contributed by atoms with Crippen molar-refractivity contribution in [3.63, 3.8) is 0 Å². The van der Waals surface area contributed by atoms with E-state index in [-0.39, 0.29) is 69.0 Å². The first-order valence-corrected chi connectivity index (χ1v) is 11.5. The molecule has 196 valence electrons. The lowest BCUT2D eigenvalue weighted by atomic mass is 9.81. The number of alkyl halides is 6. The number of hydrogen-bond donors (Lipinski definition) is 1. The van der Waals surface area contributed by atoms with E-state index >= 15 is 0 Å². The highest BCUT2D eigenvalue weighted by molar-refractivity contribution is 5.78. The van der Waals surface area contributed by atoms with Crippen molar-refractivity contribution >= 4 is 11.4 Å². The maximum Gasteiger partial charge on any atom is 0.392 e. The van der Waals surface area contributed by atoms with Gasteiger partial charge in [-0.05, 0) is 37.7 Å². The quantitative estimate of drug-likeness (QED) is 0.477. The molecule has 1 aromatic rings. The van der Waals surface area contributed by atoms with E-state index in [1.165, 1.54) is 6.08 Å². The zero-order valence-electron chi connectivity index (χ0n) is 19.1. The normalized spacial score (nSPS) is 20.3. The van der Waals surface area contributed by atoms with Gasteiger partial charge in [-0.15, -0.1) is 0 Å². The van der Waals surface area contributed by atoms with Gasteiger partial charge in [-0.1, -0.05) is 6.08 Å². The van der Waals surface area contributed by atoms with Crippen LogP contribution < -0.4 is 5.56 Å². The van der Waals surface area contributed by atoms with E-state index < -0.39 is 35.7 Å². The summed E-state index contributed by atoms with van der Waals surface area (Å²) in [5.74, 6) is -1.84. The minimum Gasteiger partial charge on any atom is -0.396 e. The number of aryl methyl sites for hydroxylation is 1. The fraction of sp³-hybridized carbons (Fsp3) is 0.696. The molecule has 2 heterocycles. The molecule has 1 aliphatic heterocycles. The van der Waals surface area contributed by atoms with Crippen LogP contribution in [-0.4, -0.2) is 52.6 Å². The van der Waals surface area contributed by atoms with Gasteiger partial charge >= 0.3 is 12.4 Å². The highest BCUT2D eigenvalue weighted by atomic mass is 19.4. The molecule has 0 saturated carbocycles. The number of aliphatic hydroxyl groups excluding tert-OH is 1. The summed E-state index contributed by atoms with van der Waals surface area (Å²) in [6, 6.07) is 1.12. The largest absolute Gasteiger partial charge is 0.396 e. The molecule has 35 heavy (non-hydrogen) atoms. The van der Waals surface area contributed by atoms with Crippen LogP contribution in [0.25, 0.3) is 5.57 Å². The van der Waals surface area contributed by atoms with Crippen molar-refractivity contribution in [2.75, 3.05) is 19.8 Å². The van der Waals surface area contributed by atoms with Crippen LogP contribution in [0.3, 0.4) is 0 Å². The van der Waals surface area contributed by atoms with Crippen molar-refractivity contribution in [3.05, 3.63) is 34.0 Å². The van der Waals surface area contributed by atoms with Crippen LogP contribution in [0.15, 0.2) is 16.9 Å². The van der Waals surface area contributed by atoms with Gasteiger partial charge in [-0.2, -0.15) is 26.3 Å². The third-order valence-corrected chi connectivity index (χ3v) is 6.57. The van der Waals surface area contributed by atoms with Crippen molar-refractivity contribution in [3.8, 4) is 0 Å². The number of Topliss-reactive ketones (excluding diaryl/α,β-unsaturated/α-hetero) is 1. The Labute approximate surface area is 198 Å². The lowest BCUT2D eigenvalue weighted by Crippen LogP contribution is -2.46. The fourth-order valence-corrected chi connectivity index (χ4v) is 4.25. The predicted octanol–water partition coefficient (Wildman–Crippen LogP) is 4.23. The number of carbonyl (C=O) groups is 1. The highest BCUT2D eigenvalue weighted by Crippen LogP contribution is 2.39.